The lowest BCUT2D eigenvalue weighted by Gasteiger charge is -2.02. The van der Waals surface area contributed by atoms with E-state index in [1.807, 2.05) is 6.07 Å². The number of ether oxygens (including phenoxy) is 1. The predicted molar refractivity (Wildman–Crippen MR) is 59.4 cm³/mol. The highest BCUT2D eigenvalue weighted by atomic mass is 16.6. The molecular formula is C11H12N2O3. The molecule has 0 aliphatic rings. The molecule has 0 aromatic heterocycles. The SMILES string of the molecule is CC(=O)/C(C)=N/NC(=O)Oc1ccccc1. The molecule has 1 rings (SSSR count). The van der Waals surface area contributed by atoms with Crippen LogP contribution < -0.4 is 10.2 Å². The Hall–Kier alpha value is -2.17. The number of hydrogen-bond donors (Lipinski definition) is 1. The lowest BCUT2D eigenvalue weighted by atomic mass is 10.3. The number of para-hydroxylation sites is 1. The number of ketones is 1. The lowest BCUT2D eigenvalue weighted by molar-refractivity contribution is -0.111. The predicted octanol–water partition coefficient (Wildman–Crippen LogP) is 1.74. The zero-order valence-electron chi connectivity index (χ0n) is 9.06. The molecule has 0 bridgehead atoms. The van der Waals surface area contributed by atoms with Gasteiger partial charge in [0, 0.05) is 6.92 Å². The third kappa shape index (κ3) is 3.91. The van der Waals surface area contributed by atoms with E-state index in [4.69, 9.17) is 4.74 Å². The topological polar surface area (TPSA) is 67.8 Å². The van der Waals surface area contributed by atoms with Gasteiger partial charge >= 0.3 is 6.09 Å². The summed E-state index contributed by atoms with van der Waals surface area (Å²) in [5, 5.41) is 3.56. The Morgan fingerprint density at radius 3 is 2.38 bits per heavy atom. The van der Waals surface area contributed by atoms with E-state index in [-0.39, 0.29) is 11.5 Å². The number of rotatable bonds is 3. The van der Waals surface area contributed by atoms with Gasteiger partial charge in [-0.2, -0.15) is 5.10 Å². The van der Waals surface area contributed by atoms with Gasteiger partial charge in [0.05, 0.1) is 0 Å². The van der Waals surface area contributed by atoms with Crippen molar-refractivity contribution in [3.63, 3.8) is 0 Å². The van der Waals surface area contributed by atoms with Gasteiger partial charge in [-0.3, -0.25) is 4.79 Å². The first-order valence-electron chi connectivity index (χ1n) is 4.67. The highest BCUT2D eigenvalue weighted by molar-refractivity contribution is 6.38. The van der Waals surface area contributed by atoms with Crippen molar-refractivity contribution in [3.8, 4) is 5.75 Å². The molecule has 5 heteroatoms. The molecule has 0 unspecified atom stereocenters. The molecule has 1 aromatic carbocycles. The summed E-state index contributed by atoms with van der Waals surface area (Å²) in [5.74, 6) is 0.204. The summed E-state index contributed by atoms with van der Waals surface area (Å²) in [6.45, 7) is 2.87. The Balaban J connectivity index is 2.49. The molecule has 84 valence electrons. The van der Waals surface area contributed by atoms with Gasteiger partial charge in [0.25, 0.3) is 0 Å². The number of hydrazone groups is 1. The first-order chi connectivity index (χ1) is 7.59. The summed E-state index contributed by atoms with van der Waals surface area (Å²) < 4.78 is 4.88. The monoisotopic (exact) mass is 220 g/mol. The van der Waals surface area contributed by atoms with E-state index in [1.165, 1.54) is 13.8 Å². The van der Waals surface area contributed by atoms with Crippen molar-refractivity contribution in [1.82, 2.24) is 5.43 Å². The van der Waals surface area contributed by atoms with Gasteiger partial charge in [-0.15, -0.1) is 0 Å². The number of amides is 1. The third-order valence-corrected chi connectivity index (χ3v) is 1.78. The molecule has 1 N–H and O–H groups in total. The van der Waals surface area contributed by atoms with Crippen molar-refractivity contribution in [2.75, 3.05) is 0 Å². The Morgan fingerprint density at radius 2 is 1.81 bits per heavy atom. The van der Waals surface area contributed by atoms with Crippen LogP contribution in [0, 0.1) is 0 Å². The van der Waals surface area contributed by atoms with Crippen molar-refractivity contribution in [3.05, 3.63) is 30.3 Å². The number of nitrogens with one attached hydrogen (secondary N) is 1. The maximum atomic E-state index is 11.2. The summed E-state index contributed by atoms with van der Waals surface area (Å²) in [6.07, 6.45) is -0.730. The average molecular weight is 220 g/mol. The number of Topliss-reactive ketones (excluding diaryl/α,β-unsaturated/α-hetero) is 1. The van der Waals surface area contributed by atoms with Crippen LogP contribution in [-0.2, 0) is 4.79 Å². The minimum absolute atomic E-state index is 0.208. The summed E-state index contributed by atoms with van der Waals surface area (Å²) in [4.78, 5) is 22.0. The molecule has 0 fully saturated rings. The van der Waals surface area contributed by atoms with Crippen LogP contribution in [0.3, 0.4) is 0 Å². The van der Waals surface area contributed by atoms with Gasteiger partial charge in [0.2, 0.25) is 0 Å². The van der Waals surface area contributed by atoms with E-state index < -0.39 is 6.09 Å². The molecule has 0 atom stereocenters. The Kier molecular flexibility index (Phi) is 4.20. The highest BCUT2D eigenvalue weighted by Gasteiger charge is 2.03. The summed E-state index contributed by atoms with van der Waals surface area (Å²) >= 11 is 0. The van der Waals surface area contributed by atoms with Crippen molar-refractivity contribution in [2.24, 2.45) is 5.10 Å². The average Bonchev–Trinajstić information content (AvgIpc) is 2.27. The first-order valence-corrected chi connectivity index (χ1v) is 4.67. The molecule has 1 aromatic rings. The fraction of sp³-hybridized carbons (Fsp3) is 0.182. The van der Waals surface area contributed by atoms with Crippen LogP contribution in [0.25, 0.3) is 0 Å². The number of carbonyl (C=O) groups excluding carboxylic acids is 2. The summed E-state index contributed by atoms with van der Waals surface area (Å²) in [6, 6.07) is 8.57. The normalized spacial score (nSPS) is 10.8. The second-order valence-corrected chi connectivity index (χ2v) is 3.07. The van der Waals surface area contributed by atoms with E-state index >= 15 is 0 Å². The Labute approximate surface area is 93.1 Å². The van der Waals surface area contributed by atoms with Crippen molar-refractivity contribution >= 4 is 17.6 Å². The maximum absolute atomic E-state index is 11.2. The highest BCUT2D eigenvalue weighted by Crippen LogP contribution is 2.07. The van der Waals surface area contributed by atoms with Crippen LogP contribution in [0.2, 0.25) is 0 Å². The largest absolute Gasteiger partial charge is 0.433 e. The second kappa shape index (κ2) is 5.65. The molecule has 0 aliphatic heterocycles. The molecule has 5 nitrogen and oxygen atoms in total. The first kappa shape index (κ1) is 11.9. The third-order valence-electron chi connectivity index (χ3n) is 1.78. The van der Waals surface area contributed by atoms with Crippen molar-refractivity contribution in [2.45, 2.75) is 13.8 Å². The lowest BCUT2D eigenvalue weighted by Crippen LogP contribution is -2.24. The van der Waals surface area contributed by atoms with Gasteiger partial charge < -0.3 is 4.74 Å². The van der Waals surface area contributed by atoms with E-state index in [9.17, 15) is 9.59 Å². The minimum Gasteiger partial charge on any atom is -0.409 e. The molecule has 0 aliphatic carbocycles. The van der Waals surface area contributed by atoms with Crippen LogP contribution in [0.1, 0.15) is 13.8 Å². The van der Waals surface area contributed by atoms with Crippen LogP contribution in [0.15, 0.2) is 35.4 Å². The number of nitrogens with zero attached hydrogens (tertiary/aromatic N) is 1. The van der Waals surface area contributed by atoms with Crippen LogP contribution >= 0.6 is 0 Å². The minimum atomic E-state index is -0.730. The molecule has 0 heterocycles. The number of carbonyl (C=O) groups is 2. The van der Waals surface area contributed by atoms with E-state index in [0.29, 0.717) is 5.75 Å². The Morgan fingerprint density at radius 1 is 1.19 bits per heavy atom. The quantitative estimate of drug-likeness (QED) is 0.623. The van der Waals surface area contributed by atoms with E-state index in [0.717, 1.165) is 0 Å². The van der Waals surface area contributed by atoms with Gasteiger partial charge in [-0.1, -0.05) is 18.2 Å². The standard InChI is InChI=1S/C11H12N2O3/c1-8(9(2)14)12-13-11(15)16-10-6-4-3-5-7-10/h3-7H,1-2H3,(H,13,15)/b12-8+. The molecule has 0 spiro atoms. The van der Waals surface area contributed by atoms with Crippen molar-refractivity contribution in [1.29, 1.82) is 0 Å². The number of hydrogen-bond acceptors (Lipinski definition) is 4. The van der Waals surface area contributed by atoms with Gasteiger partial charge in [-0.05, 0) is 19.1 Å². The maximum Gasteiger partial charge on any atom is 0.433 e. The smallest absolute Gasteiger partial charge is 0.409 e. The second-order valence-electron chi connectivity index (χ2n) is 3.07. The molecular weight excluding hydrogens is 208 g/mol. The van der Waals surface area contributed by atoms with E-state index in [2.05, 4.69) is 10.5 Å². The van der Waals surface area contributed by atoms with Crippen LogP contribution in [-0.4, -0.2) is 17.6 Å². The van der Waals surface area contributed by atoms with Gasteiger partial charge in [-0.25, -0.2) is 10.2 Å². The zero-order valence-corrected chi connectivity index (χ0v) is 9.06. The molecule has 0 saturated heterocycles. The Bertz CT molecular complexity index is 412. The van der Waals surface area contributed by atoms with Gasteiger partial charge in [0.15, 0.2) is 5.78 Å². The summed E-state index contributed by atoms with van der Waals surface area (Å²) in [5.41, 5.74) is 2.33. The van der Waals surface area contributed by atoms with Gasteiger partial charge in [0.1, 0.15) is 11.5 Å². The fourth-order valence-corrected chi connectivity index (χ4v) is 0.827. The van der Waals surface area contributed by atoms with E-state index in [1.54, 1.807) is 24.3 Å². The molecule has 0 saturated carbocycles. The summed E-state index contributed by atoms with van der Waals surface area (Å²) in [7, 11) is 0. The molecule has 16 heavy (non-hydrogen) atoms. The zero-order chi connectivity index (χ0) is 12.0. The van der Waals surface area contributed by atoms with Crippen LogP contribution in [0.4, 0.5) is 4.79 Å². The van der Waals surface area contributed by atoms with Crippen molar-refractivity contribution < 1.29 is 14.3 Å². The number of benzene rings is 1. The van der Waals surface area contributed by atoms with Crippen LogP contribution in [0.5, 0.6) is 5.75 Å². The molecule has 0 radical (unpaired) electrons. The molecule has 1 amide bonds. The fourth-order valence-electron chi connectivity index (χ4n) is 0.827.